The van der Waals surface area contributed by atoms with E-state index in [1.807, 2.05) is 13.0 Å². The molecular weight excluding hydrogens is 164 g/mol. The fourth-order valence-electron chi connectivity index (χ4n) is 1.01. The van der Waals surface area contributed by atoms with Crippen molar-refractivity contribution in [2.75, 3.05) is 0 Å². The second kappa shape index (κ2) is 3.81. The highest BCUT2D eigenvalue weighted by Gasteiger charge is 1.98. The average molecular weight is 176 g/mol. The van der Waals surface area contributed by atoms with Crippen LogP contribution in [0.25, 0.3) is 6.08 Å². The molecule has 0 bridgehead atoms. The van der Waals surface area contributed by atoms with E-state index < -0.39 is 0 Å². The van der Waals surface area contributed by atoms with E-state index in [4.69, 9.17) is 5.11 Å². The third-order valence-corrected chi connectivity index (χ3v) is 1.80. The quantitative estimate of drug-likeness (QED) is 0.537. The van der Waals surface area contributed by atoms with Crippen molar-refractivity contribution in [1.29, 1.82) is 0 Å². The van der Waals surface area contributed by atoms with Gasteiger partial charge in [0.25, 0.3) is 0 Å². The van der Waals surface area contributed by atoms with Crippen LogP contribution in [0.2, 0.25) is 0 Å². The third kappa shape index (κ3) is 2.37. The highest BCUT2D eigenvalue weighted by atomic mass is 16.3. The predicted octanol–water partition coefficient (Wildman–Crippen LogP) is 2.79. The van der Waals surface area contributed by atoms with Crippen molar-refractivity contribution < 1.29 is 10.2 Å². The van der Waals surface area contributed by atoms with Gasteiger partial charge in [-0.15, -0.1) is 0 Å². The predicted molar refractivity (Wildman–Crippen MR) is 53.6 cm³/mol. The minimum absolute atomic E-state index is 0.00254. The molecule has 0 amide bonds. The molecule has 1 aromatic rings. The van der Waals surface area contributed by atoms with Crippen molar-refractivity contribution in [3.8, 4) is 5.75 Å². The Morgan fingerprint density at radius 3 is 2.77 bits per heavy atom. The Kier molecular flexibility index (Phi) is 2.75. The van der Waals surface area contributed by atoms with E-state index in [1.165, 1.54) is 6.08 Å². The first-order chi connectivity index (χ1) is 6.11. The highest BCUT2D eigenvalue weighted by molar-refractivity contribution is 5.58. The SMILES string of the molecule is C=C(O)/C=C/c1cccc(O)c1C. The smallest absolute Gasteiger partial charge is 0.119 e. The van der Waals surface area contributed by atoms with Crippen LogP contribution in [-0.2, 0) is 0 Å². The van der Waals surface area contributed by atoms with Gasteiger partial charge in [0.1, 0.15) is 11.5 Å². The van der Waals surface area contributed by atoms with E-state index in [-0.39, 0.29) is 11.5 Å². The zero-order valence-electron chi connectivity index (χ0n) is 7.49. The summed E-state index contributed by atoms with van der Waals surface area (Å²) in [4.78, 5) is 0. The van der Waals surface area contributed by atoms with Gasteiger partial charge < -0.3 is 10.2 Å². The van der Waals surface area contributed by atoms with Gasteiger partial charge in [0.05, 0.1) is 0 Å². The topological polar surface area (TPSA) is 40.5 Å². The zero-order valence-corrected chi connectivity index (χ0v) is 7.49. The van der Waals surface area contributed by atoms with Crippen LogP contribution in [0.5, 0.6) is 5.75 Å². The van der Waals surface area contributed by atoms with Crippen LogP contribution in [-0.4, -0.2) is 10.2 Å². The monoisotopic (exact) mass is 176 g/mol. The summed E-state index contributed by atoms with van der Waals surface area (Å²) in [5.41, 5.74) is 1.66. The molecular formula is C11H12O2. The number of phenols is 1. The van der Waals surface area contributed by atoms with Crippen molar-refractivity contribution in [1.82, 2.24) is 0 Å². The highest BCUT2D eigenvalue weighted by Crippen LogP contribution is 2.20. The summed E-state index contributed by atoms with van der Waals surface area (Å²) in [6, 6.07) is 5.23. The van der Waals surface area contributed by atoms with Crippen LogP contribution < -0.4 is 0 Å². The van der Waals surface area contributed by atoms with Gasteiger partial charge in [-0.25, -0.2) is 0 Å². The number of aromatic hydroxyl groups is 1. The molecule has 0 unspecified atom stereocenters. The van der Waals surface area contributed by atoms with E-state index in [0.717, 1.165) is 11.1 Å². The number of aliphatic hydroxyl groups is 1. The van der Waals surface area contributed by atoms with Crippen LogP contribution in [0.1, 0.15) is 11.1 Å². The van der Waals surface area contributed by atoms with Crippen molar-refractivity contribution in [2.45, 2.75) is 6.92 Å². The Morgan fingerprint density at radius 1 is 1.46 bits per heavy atom. The number of phenolic OH excluding ortho intramolecular Hbond substituents is 1. The largest absolute Gasteiger partial charge is 0.509 e. The fraction of sp³-hybridized carbons (Fsp3) is 0.0909. The normalized spacial score (nSPS) is 10.5. The molecule has 0 aliphatic rings. The molecule has 0 fully saturated rings. The number of hydrogen-bond acceptors (Lipinski definition) is 2. The van der Waals surface area contributed by atoms with Crippen molar-refractivity contribution in [3.63, 3.8) is 0 Å². The van der Waals surface area contributed by atoms with Gasteiger partial charge in [-0.1, -0.05) is 24.8 Å². The number of benzene rings is 1. The Balaban J connectivity index is 3.02. The van der Waals surface area contributed by atoms with Gasteiger partial charge in [0, 0.05) is 0 Å². The van der Waals surface area contributed by atoms with Crippen molar-refractivity contribution in [3.05, 3.63) is 47.7 Å². The molecule has 68 valence electrons. The first-order valence-corrected chi connectivity index (χ1v) is 3.96. The second-order valence-electron chi connectivity index (χ2n) is 2.82. The third-order valence-electron chi connectivity index (χ3n) is 1.80. The van der Waals surface area contributed by atoms with E-state index >= 15 is 0 Å². The zero-order chi connectivity index (χ0) is 9.84. The van der Waals surface area contributed by atoms with Gasteiger partial charge in [-0.05, 0) is 30.2 Å². The Bertz CT molecular complexity index is 351. The standard InChI is InChI=1S/C11H12O2/c1-8(12)6-7-10-4-3-5-11(13)9(10)2/h3-7,12-13H,1H2,2H3/b7-6+. The molecule has 0 aliphatic heterocycles. The lowest BCUT2D eigenvalue weighted by atomic mass is 10.1. The summed E-state index contributed by atoms with van der Waals surface area (Å²) in [6.07, 6.45) is 3.19. The molecule has 0 aromatic heterocycles. The van der Waals surface area contributed by atoms with Gasteiger partial charge in [-0.2, -0.15) is 0 Å². The fourth-order valence-corrected chi connectivity index (χ4v) is 1.01. The lowest BCUT2D eigenvalue weighted by Gasteiger charge is -2.01. The summed E-state index contributed by atoms with van der Waals surface area (Å²) in [5, 5.41) is 18.2. The van der Waals surface area contributed by atoms with Crippen molar-refractivity contribution in [2.24, 2.45) is 0 Å². The molecule has 0 heterocycles. The minimum atomic E-state index is 0.00254. The Morgan fingerprint density at radius 2 is 2.15 bits per heavy atom. The Hall–Kier alpha value is -1.70. The summed E-state index contributed by atoms with van der Waals surface area (Å²) in [6.45, 7) is 5.14. The van der Waals surface area contributed by atoms with Crippen LogP contribution in [0.15, 0.2) is 36.6 Å². The molecule has 1 rings (SSSR count). The van der Waals surface area contributed by atoms with E-state index in [0.29, 0.717) is 0 Å². The molecule has 0 spiro atoms. The summed E-state index contributed by atoms with van der Waals surface area (Å²) in [5.74, 6) is 0.258. The lowest BCUT2D eigenvalue weighted by Crippen LogP contribution is -1.80. The number of allylic oxidation sites excluding steroid dienone is 1. The van der Waals surface area contributed by atoms with Gasteiger partial charge in [-0.3, -0.25) is 0 Å². The molecule has 0 radical (unpaired) electrons. The molecule has 0 saturated carbocycles. The molecule has 0 saturated heterocycles. The molecule has 0 atom stereocenters. The summed E-state index contributed by atoms with van der Waals surface area (Å²) < 4.78 is 0. The van der Waals surface area contributed by atoms with E-state index in [1.54, 1.807) is 18.2 Å². The van der Waals surface area contributed by atoms with Gasteiger partial charge in [0.15, 0.2) is 0 Å². The van der Waals surface area contributed by atoms with Crippen molar-refractivity contribution >= 4 is 6.08 Å². The van der Waals surface area contributed by atoms with Gasteiger partial charge in [0.2, 0.25) is 0 Å². The first kappa shape index (κ1) is 9.39. The number of hydrogen-bond donors (Lipinski definition) is 2. The lowest BCUT2D eigenvalue weighted by molar-refractivity contribution is 0.436. The molecule has 0 aliphatic carbocycles. The average Bonchev–Trinajstić information content (AvgIpc) is 2.07. The molecule has 13 heavy (non-hydrogen) atoms. The Labute approximate surface area is 77.5 Å². The van der Waals surface area contributed by atoms with E-state index in [2.05, 4.69) is 6.58 Å². The molecule has 2 heteroatoms. The van der Waals surface area contributed by atoms with Gasteiger partial charge >= 0.3 is 0 Å². The maximum atomic E-state index is 9.35. The molecule has 1 aromatic carbocycles. The molecule has 2 nitrogen and oxygen atoms in total. The molecule has 2 N–H and O–H groups in total. The number of rotatable bonds is 2. The van der Waals surface area contributed by atoms with Crippen LogP contribution in [0.3, 0.4) is 0 Å². The summed E-state index contributed by atoms with van der Waals surface area (Å²) >= 11 is 0. The maximum Gasteiger partial charge on any atom is 0.119 e. The first-order valence-electron chi connectivity index (χ1n) is 3.96. The van der Waals surface area contributed by atoms with E-state index in [9.17, 15) is 5.11 Å². The summed E-state index contributed by atoms with van der Waals surface area (Å²) in [7, 11) is 0. The van der Waals surface area contributed by atoms with Crippen LogP contribution >= 0.6 is 0 Å². The van der Waals surface area contributed by atoms with Crippen LogP contribution in [0, 0.1) is 6.92 Å². The maximum absolute atomic E-state index is 9.35. The van der Waals surface area contributed by atoms with Crippen LogP contribution in [0.4, 0.5) is 0 Å². The minimum Gasteiger partial charge on any atom is -0.509 e. The number of aliphatic hydroxyl groups excluding tert-OH is 1. The second-order valence-corrected chi connectivity index (χ2v) is 2.82.